The quantitative estimate of drug-likeness (QED) is 0.745. The lowest BCUT2D eigenvalue weighted by atomic mass is 10.1. The van der Waals surface area contributed by atoms with Crippen LogP contribution in [-0.2, 0) is 6.54 Å². The number of nitrogens with two attached hydrogens (primary N) is 1. The van der Waals surface area contributed by atoms with E-state index in [2.05, 4.69) is 44.3 Å². The molecule has 0 aliphatic carbocycles. The van der Waals surface area contributed by atoms with Crippen molar-refractivity contribution >= 4 is 5.69 Å². The number of hydrogen-bond donors (Lipinski definition) is 2. The van der Waals surface area contributed by atoms with Gasteiger partial charge < -0.3 is 11.1 Å². The second kappa shape index (κ2) is 4.28. The summed E-state index contributed by atoms with van der Waals surface area (Å²) < 4.78 is 0. The summed E-state index contributed by atoms with van der Waals surface area (Å²) in [6, 6.07) is 6.76. The highest BCUT2D eigenvalue weighted by atomic mass is 14.9. The van der Waals surface area contributed by atoms with Crippen molar-refractivity contribution in [3.8, 4) is 0 Å². The molecule has 2 heteroatoms. The van der Waals surface area contributed by atoms with Crippen LogP contribution in [-0.4, -0.2) is 6.04 Å². The van der Waals surface area contributed by atoms with Crippen LogP contribution in [0.5, 0.6) is 0 Å². The van der Waals surface area contributed by atoms with Crippen LogP contribution in [0.1, 0.15) is 25.0 Å². The summed E-state index contributed by atoms with van der Waals surface area (Å²) in [6.07, 6.45) is 0. The molecule has 0 spiro atoms. The number of hydrogen-bond acceptors (Lipinski definition) is 2. The van der Waals surface area contributed by atoms with Gasteiger partial charge >= 0.3 is 0 Å². The van der Waals surface area contributed by atoms with Gasteiger partial charge in [0.1, 0.15) is 0 Å². The van der Waals surface area contributed by atoms with Crippen LogP contribution in [0.4, 0.5) is 5.69 Å². The van der Waals surface area contributed by atoms with E-state index in [1.54, 1.807) is 0 Å². The van der Waals surface area contributed by atoms with Gasteiger partial charge in [0.25, 0.3) is 0 Å². The lowest BCUT2D eigenvalue weighted by Gasteiger charge is -2.13. The van der Waals surface area contributed by atoms with Crippen LogP contribution in [0.25, 0.3) is 0 Å². The molecule has 72 valence electrons. The van der Waals surface area contributed by atoms with Crippen molar-refractivity contribution in [1.29, 1.82) is 0 Å². The maximum atomic E-state index is 5.57. The molecule has 2 nitrogen and oxygen atoms in total. The number of anilines is 1. The largest absolute Gasteiger partial charge is 0.383 e. The van der Waals surface area contributed by atoms with Gasteiger partial charge in [0.05, 0.1) is 0 Å². The number of aryl methyl sites for hydroxylation is 1. The van der Waals surface area contributed by atoms with Gasteiger partial charge in [0.2, 0.25) is 0 Å². The molecule has 0 saturated carbocycles. The first kappa shape index (κ1) is 10.1. The minimum absolute atomic E-state index is 0.465. The summed E-state index contributed by atoms with van der Waals surface area (Å²) in [5.74, 6) is 0. The smallest absolute Gasteiger partial charge is 0.0375 e. The molecular weight excluding hydrogens is 160 g/mol. The van der Waals surface area contributed by atoms with Gasteiger partial charge in [-0.15, -0.1) is 0 Å². The fourth-order valence-corrected chi connectivity index (χ4v) is 1.26. The molecule has 0 saturated heterocycles. The van der Waals surface area contributed by atoms with E-state index in [-0.39, 0.29) is 0 Å². The molecule has 0 fully saturated rings. The molecule has 0 heterocycles. The van der Waals surface area contributed by atoms with E-state index in [1.165, 1.54) is 16.8 Å². The molecule has 0 bridgehead atoms. The third-order valence-corrected chi connectivity index (χ3v) is 1.98. The molecule has 1 aromatic rings. The van der Waals surface area contributed by atoms with Crippen LogP contribution < -0.4 is 11.1 Å². The van der Waals surface area contributed by atoms with Gasteiger partial charge in [0.15, 0.2) is 0 Å². The van der Waals surface area contributed by atoms with Crippen LogP contribution in [0.3, 0.4) is 0 Å². The van der Waals surface area contributed by atoms with Crippen LogP contribution in [0.15, 0.2) is 18.2 Å². The summed E-state index contributed by atoms with van der Waals surface area (Å²) in [7, 11) is 0. The maximum absolute atomic E-state index is 5.57. The van der Waals surface area contributed by atoms with Gasteiger partial charge in [-0.3, -0.25) is 0 Å². The third-order valence-electron chi connectivity index (χ3n) is 1.98. The van der Waals surface area contributed by atoms with Crippen molar-refractivity contribution in [2.24, 2.45) is 5.73 Å². The highest BCUT2D eigenvalue weighted by Crippen LogP contribution is 2.17. The van der Waals surface area contributed by atoms with Crippen molar-refractivity contribution in [3.63, 3.8) is 0 Å². The molecule has 0 unspecified atom stereocenters. The van der Waals surface area contributed by atoms with Crippen molar-refractivity contribution in [3.05, 3.63) is 29.3 Å². The van der Waals surface area contributed by atoms with Crippen molar-refractivity contribution in [1.82, 2.24) is 0 Å². The Morgan fingerprint density at radius 2 is 2.08 bits per heavy atom. The minimum atomic E-state index is 0.465. The highest BCUT2D eigenvalue weighted by Gasteiger charge is 2.00. The molecule has 13 heavy (non-hydrogen) atoms. The van der Waals surface area contributed by atoms with Crippen LogP contribution in [0, 0.1) is 6.92 Å². The SMILES string of the molecule is Cc1ccc(CN)cc1NC(C)C. The number of nitrogens with one attached hydrogen (secondary N) is 1. The van der Waals surface area contributed by atoms with Crippen molar-refractivity contribution in [2.75, 3.05) is 5.32 Å². The molecule has 0 aromatic heterocycles. The average molecular weight is 178 g/mol. The fraction of sp³-hybridized carbons (Fsp3) is 0.455. The van der Waals surface area contributed by atoms with Gasteiger partial charge in [-0.25, -0.2) is 0 Å². The topological polar surface area (TPSA) is 38.0 Å². The maximum Gasteiger partial charge on any atom is 0.0375 e. The molecule has 0 atom stereocenters. The van der Waals surface area contributed by atoms with E-state index in [1.807, 2.05) is 0 Å². The Kier molecular flexibility index (Phi) is 3.32. The van der Waals surface area contributed by atoms with Gasteiger partial charge in [0, 0.05) is 18.3 Å². The molecule has 0 amide bonds. The van der Waals surface area contributed by atoms with E-state index in [0.29, 0.717) is 12.6 Å². The van der Waals surface area contributed by atoms with Gasteiger partial charge in [-0.1, -0.05) is 12.1 Å². The fourth-order valence-electron chi connectivity index (χ4n) is 1.26. The molecular formula is C11H18N2. The monoisotopic (exact) mass is 178 g/mol. The standard InChI is InChI=1S/C11H18N2/c1-8(2)13-11-6-10(7-12)5-4-9(11)3/h4-6,8,13H,7,12H2,1-3H3. The van der Waals surface area contributed by atoms with Crippen molar-refractivity contribution < 1.29 is 0 Å². The summed E-state index contributed by atoms with van der Waals surface area (Å²) in [6.45, 7) is 6.97. The van der Waals surface area contributed by atoms with E-state index >= 15 is 0 Å². The molecule has 3 N–H and O–H groups in total. The van der Waals surface area contributed by atoms with Crippen LogP contribution >= 0.6 is 0 Å². The Morgan fingerprint density at radius 3 is 2.62 bits per heavy atom. The minimum Gasteiger partial charge on any atom is -0.383 e. The molecule has 0 radical (unpaired) electrons. The normalized spacial score (nSPS) is 10.5. The highest BCUT2D eigenvalue weighted by molar-refractivity contribution is 5.53. The summed E-state index contributed by atoms with van der Waals surface area (Å²) in [5.41, 5.74) is 9.21. The number of benzene rings is 1. The zero-order chi connectivity index (χ0) is 9.84. The molecule has 1 rings (SSSR count). The lowest BCUT2D eigenvalue weighted by Crippen LogP contribution is -2.11. The second-order valence-electron chi connectivity index (χ2n) is 3.65. The molecule has 0 aliphatic rings. The Balaban J connectivity index is 2.90. The summed E-state index contributed by atoms with van der Waals surface area (Å²) in [5, 5.41) is 3.39. The van der Waals surface area contributed by atoms with Crippen molar-refractivity contribution in [2.45, 2.75) is 33.4 Å². The number of rotatable bonds is 3. The zero-order valence-electron chi connectivity index (χ0n) is 8.59. The Hall–Kier alpha value is -1.02. The van der Waals surface area contributed by atoms with E-state index in [4.69, 9.17) is 5.73 Å². The summed E-state index contributed by atoms with van der Waals surface area (Å²) in [4.78, 5) is 0. The van der Waals surface area contributed by atoms with E-state index in [0.717, 1.165) is 0 Å². The predicted molar refractivity (Wildman–Crippen MR) is 57.8 cm³/mol. The van der Waals surface area contributed by atoms with E-state index in [9.17, 15) is 0 Å². The first-order chi connectivity index (χ1) is 6.13. The van der Waals surface area contributed by atoms with E-state index < -0.39 is 0 Å². The molecule has 0 aliphatic heterocycles. The third kappa shape index (κ3) is 2.74. The lowest BCUT2D eigenvalue weighted by molar-refractivity contribution is 0.896. The first-order valence-electron chi connectivity index (χ1n) is 4.69. The summed E-state index contributed by atoms with van der Waals surface area (Å²) >= 11 is 0. The Morgan fingerprint density at radius 1 is 1.38 bits per heavy atom. The van der Waals surface area contributed by atoms with Gasteiger partial charge in [-0.05, 0) is 38.0 Å². The van der Waals surface area contributed by atoms with Crippen LogP contribution in [0.2, 0.25) is 0 Å². The van der Waals surface area contributed by atoms with Gasteiger partial charge in [-0.2, -0.15) is 0 Å². The second-order valence-corrected chi connectivity index (χ2v) is 3.65. The zero-order valence-corrected chi connectivity index (χ0v) is 8.59. The average Bonchev–Trinajstić information content (AvgIpc) is 2.08. The Labute approximate surface area is 80.1 Å². The Bertz CT molecular complexity index is 279. The molecule has 1 aromatic carbocycles. The first-order valence-corrected chi connectivity index (χ1v) is 4.69. The predicted octanol–water partition coefficient (Wildman–Crippen LogP) is 2.27.